The highest BCUT2D eigenvalue weighted by Crippen LogP contribution is 2.16. The van der Waals surface area contributed by atoms with Gasteiger partial charge in [0.1, 0.15) is 0 Å². The maximum atomic E-state index is 11.8. The zero-order valence-electron chi connectivity index (χ0n) is 11.8. The van der Waals surface area contributed by atoms with Crippen molar-refractivity contribution in [3.8, 4) is 0 Å². The summed E-state index contributed by atoms with van der Waals surface area (Å²) in [5.74, 6) is 0.0960. The van der Waals surface area contributed by atoms with E-state index in [1.807, 2.05) is 6.92 Å². The summed E-state index contributed by atoms with van der Waals surface area (Å²) in [7, 11) is 0. The molecule has 0 aromatic rings. The number of rotatable bonds is 6. The van der Waals surface area contributed by atoms with Crippen molar-refractivity contribution in [1.29, 1.82) is 0 Å². The monoisotopic (exact) mass is 257 g/mol. The third-order valence-electron chi connectivity index (χ3n) is 3.39. The van der Waals surface area contributed by atoms with Crippen LogP contribution in [0.5, 0.6) is 0 Å². The summed E-state index contributed by atoms with van der Waals surface area (Å²) in [5, 5.41) is 2.91. The highest BCUT2D eigenvalue weighted by atomic mass is 16.5. The molecule has 0 aromatic carbocycles. The van der Waals surface area contributed by atoms with Crippen LogP contribution < -0.4 is 11.1 Å². The van der Waals surface area contributed by atoms with E-state index in [1.54, 1.807) is 0 Å². The van der Waals surface area contributed by atoms with Crippen LogP contribution in [0.4, 0.5) is 0 Å². The lowest BCUT2D eigenvalue weighted by Gasteiger charge is -2.41. The number of ether oxygens (including phenoxy) is 1. The van der Waals surface area contributed by atoms with Gasteiger partial charge in [-0.05, 0) is 20.3 Å². The maximum absolute atomic E-state index is 11.8. The van der Waals surface area contributed by atoms with Crippen molar-refractivity contribution >= 4 is 5.91 Å². The van der Waals surface area contributed by atoms with E-state index in [0.29, 0.717) is 25.6 Å². The van der Waals surface area contributed by atoms with Crippen LogP contribution in [-0.4, -0.2) is 55.2 Å². The van der Waals surface area contributed by atoms with Crippen LogP contribution in [0, 0.1) is 0 Å². The topological polar surface area (TPSA) is 67.6 Å². The quantitative estimate of drug-likeness (QED) is 0.720. The Hall–Kier alpha value is -0.650. The van der Waals surface area contributed by atoms with Crippen molar-refractivity contribution in [2.75, 3.05) is 26.2 Å². The summed E-state index contributed by atoms with van der Waals surface area (Å²) in [6, 6.07) is 0.442. The Balaban J connectivity index is 2.50. The minimum atomic E-state index is 0.0960. The summed E-state index contributed by atoms with van der Waals surface area (Å²) in [5.41, 5.74) is 5.83. The Morgan fingerprint density at radius 3 is 2.89 bits per heavy atom. The number of nitrogens with one attached hydrogen (secondary N) is 1. The van der Waals surface area contributed by atoms with E-state index >= 15 is 0 Å². The largest absolute Gasteiger partial charge is 0.376 e. The normalized spacial score (nSPS) is 26.9. The molecule has 18 heavy (non-hydrogen) atoms. The first-order valence-electron chi connectivity index (χ1n) is 6.92. The molecule has 1 fully saturated rings. The Morgan fingerprint density at radius 1 is 1.56 bits per heavy atom. The number of nitrogens with two attached hydrogens (primary N) is 1. The SMILES string of the molecule is CCCNC(=O)CC(CN)N1CC(C)OCC1C. The number of hydrogen-bond acceptors (Lipinski definition) is 4. The molecule has 0 aliphatic carbocycles. The van der Waals surface area contributed by atoms with Gasteiger partial charge in [-0.3, -0.25) is 9.69 Å². The standard InChI is InChI=1S/C13H27N3O2/c1-4-5-15-13(17)6-12(7-14)16-8-11(3)18-9-10(16)2/h10-12H,4-9,14H2,1-3H3,(H,15,17). The smallest absolute Gasteiger partial charge is 0.221 e. The summed E-state index contributed by atoms with van der Waals surface area (Å²) < 4.78 is 5.60. The third kappa shape index (κ3) is 4.55. The van der Waals surface area contributed by atoms with Crippen molar-refractivity contribution < 1.29 is 9.53 Å². The molecule has 3 N–H and O–H groups in total. The lowest BCUT2D eigenvalue weighted by molar-refractivity contribution is -0.124. The van der Waals surface area contributed by atoms with Crippen molar-refractivity contribution in [2.45, 2.75) is 51.8 Å². The molecule has 1 saturated heterocycles. The third-order valence-corrected chi connectivity index (χ3v) is 3.39. The van der Waals surface area contributed by atoms with E-state index in [1.165, 1.54) is 0 Å². The van der Waals surface area contributed by atoms with Crippen LogP contribution in [0.2, 0.25) is 0 Å². The van der Waals surface area contributed by atoms with Gasteiger partial charge in [-0.25, -0.2) is 0 Å². The summed E-state index contributed by atoms with van der Waals surface area (Å²) in [4.78, 5) is 14.1. The minimum absolute atomic E-state index is 0.0960. The predicted octanol–water partition coefficient (Wildman–Crippen LogP) is 0.339. The van der Waals surface area contributed by atoms with Crippen molar-refractivity contribution in [2.24, 2.45) is 5.73 Å². The van der Waals surface area contributed by atoms with Crippen LogP contribution in [0.25, 0.3) is 0 Å². The number of hydrogen-bond donors (Lipinski definition) is 2. The van der Waals surface area contributed by atoms with Crippen molar-refractivity contribution in [1.82, 2.24) is 10.2 Å². The molecule has 0 bridgehead atoms. The Kier molecular flexibility index (Phi) is 6.60. The van der Waals surface area contributed by atoms with E-state index in [4.69, 9.17) is 10.5 Å². The Bertz CT molecular complexity index is 261. The zero-order chi connectivity index (χ0) is 13.5. The molecule has 3 atom stereocenters. The second kappa shape index (κ2) is 7.71. The van der Waals surface area contributed by atoms with Gasteiger partial charge in [0, 0.05) is 38.1 Å². The first-order chi connectivity index (χ1) is 8.58. The molecule has 1 rings (SSSR count). The van der Waals surface area contributed by atoms with E-state index in [9.17, 15) is 4.79 Å². The Labute approximate surface area is 110 Å². The first kappa shape index (κ1) is 15.4. The predicted molar refractivity (Wildman–Crippen MR) is 72.3 cm³/mol. The van der Waals surface area contributed by atoms with Crippen LogP contribution in [0.1, 0.15) is 33.6 Å². The maximum Gasteiger partial charge on any atom is 0.221 e. The molecule has 0 spiro atoms. The van der Waals surface area contributed by atoms with Crippen LogP contribution >= 0.6 is 0 Å². The average molecular weight is 257 g/mol. The molecule has 5 heteroatoms. The molecule has 0 aromatic heterocycles. The van der Waals surface area contributed by atoms with E-state index < -0.39 is 0 Å². The molecular formula is C13H27N3O2. The molecule has 0 saturated carbocycles. The fraction of sp³-hybridized carbons (Fsp3) is 0.923. The minimum Gasteiger partial charge on any atom is -0.376 e. The molecule has 106 valence electrons. The molecule has 1 amide bonds. The molecule has 1 aliphatic heterocycles. The van der Waals surface area contributed by atoms with Gasteiger partial charge in [0.2, 0.25) is 5.91 Å². The van der Waals surface area contributed by atoms with Gasteiger partial charge in [-0.2, -0.15) is 0 Å². The number of morpholine rings is 1. The molecule has 1 aliphatic rings. The van der Waals surface area contributed by atoms with Gasteiger partial charge in [0.25, 0.3) is 0 Å². The Morgan fingerprint density at radius 2 is 2.28 bits per heavy atom. The number of carbonyl (C=O) groups excluding carboxylic acids is 1. The highest BCUT2D eigenvalue weighted by Gasteiger charge is 2.29. The highest BCUT2D eigenvalue weighted by molar-refractivity contribution is 5.76. The van der Waals surface area contributed by atoms with Gasteiger partial charge in [0.05, 0.1) is 12.7 Å². The molecule has 0 radical (unpaired) electrons. The van der Waals surface area contributed by atoms with E-state index in [2.05, 4.69) is 24.1 Å². The fourth-order valence-electron chi connectivity index (χ4n) is 2.32. The zero-order valence-corrected chi connectivity index (χ0v) is 11.8. The summed E-state index contributed by atoms with van der Waals surface area (Å²) in [6.07, 6.45) is 1.66. The van der Waals surface area contributed by atoms with Gasteiger partial charge in [-0.15, -0.1) is 0 Å². The first-order valence-corrected chi connectivity index (χ1v) is 6.92. The average Bonchev–Trinajstić information content (AvgIpc) is 2.36. The lowest BCUT2D eigenvalue weighted by atomic mass is 10.1. The van der Waals surface area contributed by atoms with Gasteiger partial charge in [0.15, 0.2) is 0 Å². The number of amides is 1. The van der Waals surface area contributed by atoms with E-state index in [0.717, 1.165) is 19.5 Å². The van der Waals surface area contributed by atoms with E-state index in [-0.39, 0.29) is 18.1 Å². The van der Waals surface area contributed by atoms with Crippen LogP contribution in [-0.2, 0) is 9.53 Å². The number of nitrogens with zero attached hydrogens (tertiary/aromatic N) is 1. The molecule has 5 nitrogen and oxygen atoms in total. The number of carbonyl (C=O) groups is 1. The van der Waals surface area contributed by atoms with Gasteiger partial charge < -0.3 is 15.8 Å². The van der Waals surface area contributed by atoms with Crippen molar-refractivity contribution in [3.05, 3.63) is 0 Å². The van der Waals surface area contributed by atoms with Gasteiger partial charge >= 0.3 is 0 Å². The van der Waals surface area contributed by atoms with Crippen LogP contribution in [0.3, 0.4) is 0 Å². The summed E-state index contributed by atoms with van der Waals surface area (Å²) >= 11 is 0. The van der Waals surface area contributed by atoms with Gasteiger partial charge in [-0.1, -0.05) is 6.92 Å². The van der Waals surface area contributed by atoms with Crippen molar-refractivity contribution in [3.63, 3.8) is 0 Å². The second-order valence-electron chi connectivity index (χ2n) is 5.13. The lowest BCUT2D eigenvalue weighted by Crippen LogP contribution is -2.55. The molecule has 3 unspecified atom stereocenters. The fourth-order valence-corrected chi connectivity index (χ4v) is 2.32. The molecular weight excluding hydrogens is 230 g/mol. The second-order valence-corrected chi connectivity index (χ2v) is 5.13. The molecule has 1 heterocycles. The van der Waals surface area contributed by atoms with Crippen LogP contribution in [0.15, 0.2) is 0 Å². The summed E-state index contributed by atoms with van der Waals surface area (Å²) in [6.45, 7) is 9.05.